The van der Waals surface area contributed by atoms with Gasteiger partial charge in [0.05, 0.1) is 12.2 Å². The quantitative estimate of drug-likeness (QED) is 0.729. The molecule has 2 N–H and O–H groups in total. The van der Waals surface area contributed by atoms with Gasteiger partial charge in [0.25, 0.3) is 5.91 Å². The number of carbonyl (C=O) groups excluding carboxylic acids is 1. The first-order valence-electron chi connectivity index (χ1n) is 7.29. The number of hydrogen-bond donors (Lipinski definition) is 2. The van der Waals surface area contributed by atoms with Gasteiger partial charge in [0.15, 0.2) is 0 Å². The summed E-state index contributed by atoms with van der Waals surface area (Å²) < 4.78 is 4.94. The lowest BCUT2D eigenvalue weighted by molar-refractivity contribution is 0.0953. The largest absolute Gasteiger partial charge is 0.383 e. The highest BCUT2D eigenvalue weighted by molar-refractivity contribution is 5.95. The molecule has 0 radical (unpaired) electrons. The normalized spacial score (nSPS) is 10.4. The molecular formula is C17H21N3O2. The Morgan fingerprint density at radius 2 is 1.91 bits per heavy atom. The van der Waals surface area contributed by atoms with Crippen LogP contribution in [0.2, 0.25) is 0 Å². The zero-order chi connectivity index (χ0) is 15.6. The minimum absolute atomic E-state index is 0.112. The van der Waals surface area contributed by atoms with Crippen molar-refractivity contribution in [1.82, 2.24) is 15.6 Å². The molecule has 0 saturated heterocycles. The van der Waals surface area contributed by atoms with E-state index in [9.17, 15) is 4.79 Å². The summed E-state index contributed by atoms with van der Waals surface area (Å²) in [5, 5.41) is 6.05. The molecule has 0 atom stereocenters. The van der Waals surface area contributed by atoms with E-state index in [1.54, 1.807) is 19.5 Å². The zero-order valence-corrected chi connectivity index (χ0v) is 12.7. The third kappa shape index (κ3) is 4.95. The topological polar surface area (TPSA) is 63.2 Å². The molecular weight excluding hydrogens is 278 g/mol. The third-order valence-electron chi connectivity index (χ3n) is 3.18. The van der Waals surface area contributed by atoms with Crippen molar-refractivity contribution >= 4 is 5.91 Å². The second-order valence-corrected chi connectivity index (χ2v) is 4.83. The molecule has 0 aliphatic heterocycles. The van der Waals surface area contributed by atoms with Gasteiger partial charge in [0, 0.05) is 44.7 Å². The van der Waals surface area contributed by atoms with Crippen LogP contribution in [0.4, 0.5) is 0 Å². The molecule has 1 heterocycles. The summed E-state index contributed by atoms with van der Waals surface area (Å²) in [7, 11) is 1.66. The van der Waals surface area contributed by atoms with Gasteiger partial charge < -0.3 is 15.4 Å². The van der Waals surface area contributed by atoms with E-state index in [1.807, 2.05) is 36.4 Å². The Morgan fingerprint density at radius 3 is 2.68 bits per heavy atom. The van der Waals surface area contributed by atoms with E-state index in [4.69, 9.17) is 4.74 Å². The molecule has 5 nitrogen and oxygen atoms in total. The van der Waals surface area contributed by atoms with E-state index in [0.717, 1.165) is 17.7 Å². The Kier molecular flexibility index (Phi) is 6.54. The van der Waals surface area contributed by atoms with Gasteiger partial charge in [-0.15, -0.1) is 0 Å². The average molecular weight is 299 g/mol. The monoisotopic (exact) mass is 299 g/mol. The highest BCUT2D eigenvalue weighted by atomic mass is 16.5. The van der Waals surface area contributed by atoms with Gasteiger partial charge in [0.2, 0.25) is 0 Å². The maximum absolute atomic E-state index is 12.1. The van der Waals surface area contributed by atoms with Crippen LogP contribution in [-0.2, 0) is 4.74 Å². The maximum atomic E-state index is 12.1. The lowest BCUT2D eigenvalue weighted by Gasteiger charge is -2.07. The van der Waals surface area contributed by atoms with Crippen molar-refractivity contribution in [3.05, 3.63) is 54.4 Å². The summed E-state index contributed by atoms with van der Waals surface area (Å²) in [6.07, 6.45) is 3.35. The van der Waals surface area contributed by atoms with Crippen LogP contribution in [0, 0.1) is 0 Å². The number of methoxy groups -OCH3 is 1. The van der Waals surface area contributed by atoms with Crippen LogP contribution in [0.25, 0.3) is 11.1 Å². The predicted molar refractivity (Wildman–Crippen MR) is 86.8 cm³/mol. The minimum atomic E-state index is -0.112. The van der Waals surface area contributed by atoms with Gasteiger partial charge in [-0.2, -0.15) is 0 Å². The van der Waals surface area contributed by atoms with Crippen LogP contribution >= 0.6 is 0 Å². The first-order valence-corrected chi connectivity index (χ1v) is 7.29. The first-order chi connectivity index (χ1) is 10.8. The van der Waals surface area contributed by atoms with Crippen molar-refractivity contribution in [3.8, 4) is 11.1 Å². The number of amides is 1. The molecule has 0 saturated carbocycles. The van der Waals surface area contributed by atoms with Gasteiger partial charge in [-0.1, -0.05) is 30.3 Å². The number of pyridine rings is 1. The number of hydrogen-bond acceptors (Lipinski definition) is 4. The van der Waals surface area contributed by atoms with Crippen molar-refractivity contribution in [3.63, 3.8) is 0 Å². The van der Waals surface area contributed by atoms with E-state index >= 15 is 0 Å². The van der Waals surface area contributed by atoms with Crippen LogP contribution in [-0.4, -0.2) is 44.2 Å². The molecule has 116 valence electrons. The van der Waals surface area contributed by atoms with Crippen LogP contribution in [0.3, 0.4) is 0 Å². The Bertz CT molecular complexity index is 587. The lowest BCUT2D eigenvalue weighted by Crippen LogP contribution is -2.33. The third-order valence-corrected chi connectivity index (χ3v) is 3.18. The van der Waals surface area contributed by atoms with E-state index in [0.29, 0.717) is 25.3 Å². The number of benzene rings is 1. The number of ether oxygens (including phenoxy) is 1. The van der Waals surface area contributed by atoms with Gasteiger partial charge >= 0.3 is 0 Å². The van der Waals surface area contributed by atoms with Crippen LogP contribution in [0.5, 0.6) is 0 Å². The molecule has 0 aliphatic carbocycles. The summed E-state index contributed by atoms with van der Waals surface area (Å²) in [5.74, 6) is -0.112. The van der Waals surface area contributed by atoms with Gasteiger partial charge in [-0.3, -0.25) is 9.78 Å². The number of carbonyl (C=O) groups is 1. The van der Waals surface area contributed by atoms with Crippen molar-refractivity contribution in [2.75, 3.05) is 33.4 Å². The fourth-order valence-electron chi connectivity index (χ4n) is 2.02. The highest BCUT2D eigenvalue weighted by Gasteiger charge is 2.07. The second kappa shape index (κ2) is 8.92. The molecule has 0 spiro atoms. The Balaban J connectivity index is 1.88. The molecule has 1 amide bonds. The molecule has 22 heavy (non-hydrogen) atoms. The minimum Gasteiger partial charge on any atom is -0.383 e. The number of aromatic nitrogens is 1. The van der Waals surface area contributed by atoms with Crippen LogP contribution in [0.15, 0.2) is 48.8 Å². The van der Waals surface area contributed by atoms with E-state index < -0.39 is 0 Å². The summed E-state index contributed by atoms with van der Waals surface area (Å²) in [6.45, 7) is 2.72. The Morgan fingerprint density at radius 1 is 1.09 bits per heavy atom. The molecule has 0 fully saturated rings. The van der Waals surface area contributed by atoms with Crippen molar-refractivity contribution < 1.29 is 9.53 Å². The van der Waals surface area contributed by atoms with Gasteiger partial charge in [0.1, 0.15) is 0 Å². The fraction of sp³-hybridized carbons (Fsp3) is 0.294. The van der Waals surface area contributed by atoms with Crippen molar-refractivity contribution in [2.24, 2.45) is 0 Å². The number of nitrogens with one attached hydrogen (secondary N) is 2. The van der Waals surface area contributed by atoms with Crippen molar-refractivity contribution in [2.45, 2.75) is 0 Å². The molecule has 1 aromatic carbocycles. The lowest BCUT2D eigenvalue weighted by atomic mass is 10.1. The number of nitrogens with zero attached hydrogens (tertiary/aromatic N) is 1. The fourth-order valence-corrected chi connectivity index (χ4v) is 2.02. The predicted octanol–water partition coefficient (Wildman–Crippen LogP) is 1.71. The Hall–Kier alpha value is -2.24. The summed E-state index contributed by atoms with van der Waals surface area (Å²) >= 11 is 0. The zero-order valence-electron chi connectivity index (χ0n) is 12.7. The Labute approximate surface area is 130 Å². The molecule has 2 rings (SSSR count). The molecule has 1 aromatic heterocycles. The van der Waals surface area contributed by atoms with Crippen LogP contribution in [0.1, 0.15) is 10.4 Å². The molecule has 0 aliphatic rings. The van der Waals surface area contributed by atoms with Crippen LogP contribution < -0.4 is 10.6 Å². The highest BCUT2D eigenvalue weighted by Crippen LogP contribution is 2.18. The van der Waals surface area contributed by atoms with E-state index in [1.165, 1.54) is 0 Å². The summed E-state index contributed by atoms with van der Waals surface area (Å²) in [5.41, 5.74) is 2.55. The maximum Gasteiger partial charge on any atom is 0.252 e. The summed E-state index contributed by atoms with van der Waals surface area (Å²) in [4.78, 5) is 16.3. The van der Waals surface area contributed by atoms with Crippen molar-refractivity contribution in [1.29, 1.82) is 0 Å². The molecule has 0 unspecified atom stereocenters. The molecule has 2 aromatic rings. The molecule has 5 heteroatoms. The SMILES string of the molecule is COCCNCCNC(=O)c1cncc(-c2ccccc2)c1. The van der Waals surface area contributed by atoms with Gasteiger partial charge in [-0.05, 0) is 11.6 Å². The van der Waals surface area contributed by atoms with E-state index in [-0.39, 0.29) is 5.91 Å². The second-order valence-electron chi connectivity index (χ2n) is 4.83. The first kappa shape index (κ1) is 16.1. The smallest absolute Gasteiger partial charge is 0.252 e. The van der Waals surface area contributed by atoms with Gasteiger partial charge in [-0.25, -0.2) is 0 Å². The average Bonchev–Trinajstić information content (AvgIpc) is 2.59. The summed E-state index contributed by atoms with van der Waals surface area (Å²) in [6, 6.07) is 11.7. The standard InChI is InChI=1S/C17H21N3O2/c1-22-10-9-18-7-8-20-17(21)16-11-15(12-19-13-16)14-5-3-2-4-6-14/h2-6,11-13,18H,7-10H2,1H3,(H,20,21). The van der Waals surface area contributed by atoms with E-state index in [2.05, 4.69) is 15.6 Å². The number of rotatable bonds is 8. The molecule has 0 bridgehead atoms.